The second-order valence-electron chi connectivity index (χ2n) is 6.08. The Morgan fingerprint density at radius 1 is 1.24 bits per heavy atom. The van der Waals surface area contributed by atoms with Gasteiger partial charge in [0.2, 0.25) is 5.91 Å². The number of pyridine rings is 1. The normalized spacial score (nSPS) is 11.7. The lowest BCUT2D eigenvalue weighted by molar-refractivity contribution is -0.137. The Morgan fingerprint density at radius 3 is 2.69 bits per heavy atom. The molecule has 6 N–H and O–H groups in total. The molecule has 1 aromatic carbocycles. The molecule has 0 aliphatic carbocycles. The van der Waals surface area contributed by atoms with Crippen LogP contribution in [0.4, 0.5) is 5.69 Å². The largest absolute Gasteiger partial charge is 0.481 e. The van der Waals surface area contributed by atoms with Gasteiger partial charge in [0.1, 0.15) is 6.34 Å². The third-order valence-electron chi connectivity index (χ3n) is 3.79. The third kappa shape index (κ3) is 7.03. The predicted octanol–water partition coefficient (Wildman–Crippen LogP) is 0.575. The first kappa shape index (κ1) is 21.5. The zero-order chi connectivity index (χ0) is 21.2. The summed E-state index contributed by atoms with van der Waals surface area (Å²) < 4.78 is 0. The van der Waals surface area contributed by atoms with E-state index in [-0.39, 0.29) is 13.0 Å². The van der Waals surface area contributed by atoms with Crippen LogP contribution in [0, 0.1) is 6.92 Å². The fourth-order valence-corrected chi connectivity index (χ4v) is 2.51. The average Bonchev–Trinajstić information content (AvgIpc) is 2.70. The maximum absolute atomic E-state index is 12.3. The SMILES string of the molecule is Cc1cccc(C(CC(=O)O)NC(=O)CNC(=O)c2cccc(N=CNN)c2)n1. The van der Waals surface area contributed by atoms with Crippen LogP contribution in [0.3, 0.4) is 0 Å². The van der Waals surface area contributed by atoms with Gasteiger partial charge in [0.25, 0.3) is 5.91 Å². The van der Waals surface area contributed by atoms with Gasteiger partial charge in [0.05, 0.1) is 30.4 Å². The van der Waals surface area contributed by atoms with Crippen molar-refractivity contribution in [1.29, 1.82) is 0 Å². The van der Waals surface area contributed by atoms with Gasteiger partial charge in [0, 0.05) is 11.3 Å². The molecule has 1 aromatic heterocycles. The lowest BCUT2D eigenvalue weighted by Gasteiger charge is -2.17. The zero-order valence-corrected chi connectivity index (χ0v) is 15.8. The van der Waals surface area contributed by atoms with Gasteiger partial charge >= 0.3 is 5.97 Å². The number of hydrogen-bond donors (Lipinski definition) is 5. The van der Waals surface area contributed by atoms with Crippen molar-refractivity contribution < 1.29 is 19.5 Å². The fraction of sp³-hybridized carbons (Fsp3) is 0.211. The highest BCUT2D eigenvalue weighted by Gasteiger charge is 2.20. The molecule has 29 heavy (non-hydrogen) atoms. The summed E-state index contributed by atoms with van der Waals surface area (Å²) in [5.41, 5.74) is 4.22. The summed E-state index contributed by atoms with van der Waals surface area (Å²) in [6.07, 6.45) is 0.942. The molecular weight excluding hydrogens is 376 g/mol. The van der Waals surface area contributed by atoms with Gasteiger partial charge in [0.15, 0.2) is 0 Å². The molecule has 0 fully saturated rings. The average molecular weight is 398 g/mol. The molecule has 0 aliphatic heterocycles. The minimum Gasteiger partial charge on any atom is -0.481 e. The molecule has 10 nitrogen and oxygen atoms in total. The van der Waals surface area contributed by atoms with Crippen LogP contribution in [0.2, 0.25) is 0 Å². The standard InChI is InChI=1S/C19H22N6O4/c1-12-4-2-7-15(24-12)16(9-18(27)28)25-17(26)10-21-19(29)13-5-3-6-14(8-13)22-11-23-20/h2-8,11,16H,9-10,20H2,1H3,(H,21,29)(H,22,23)(H,25,26)(H,27,28). The number of hydrazine groups is 1. The summed E-state index contributed by atoms with van der Waals surface area (Å²) >= 11 is 0. The number of benzene rings is 1. The monoisotopic (exact) mass is 398 g/mol. The number of aliphatic imine (C=N–C) groups is 1. The second-order valence-corrected chi connectivity index (χ2v) is 6.08. The van der Waals surface area contributed by atoms with E-state index < -0.39 is 23.8 Å². The fourth-order valence-electron chi connectivity index (χ4n) is 2.51. The number of carboxylic acid groups (broad SMARTS) is 1. The molecular formula is C19H22N6O4. The molecule has 0 aliphatic rings. The number of aliphatic carboxylic acids is 1. The predicted molar refractivity (Wildman–Crippen MR) is 106 cm³/mol. The highest BCUT2D eigenvalue weighted by atomic mass is 16.4. The van der Waals surface area contributed by atoms with E-state index in [0.29, 0.717) is 22.6 Å². The smallest absolute Gasteiger partial charge is 0.305 e. The van der Waals surface area contributed by atoms with E-state index in [4.69, 9.17) is 10.9 Å². The van der Waals surface area contributed by atoms with Gasteiger partial charge in [-0.3, -0.25) is 19.4 Å². The summed E-state index contributed by atoms with van der Waals surface area (Å²) in [4.78, 5) is 43.9. The first-order valence-corrected chi connectivity index (χ1v) is 8.70. The molecule has 10 heteroatoms. The number of aryl methyl sites for hydroxylation is 1. The minimum atomic E-state index is -1.08. The van der Waals surface area contributed by atoms with Crippen LogP contribution in [0.1, 0.15) is 34.2 Å². The van der Waals surface area contributed by atoms with E-state index in [9.17, 15) is 14.4 Å². The number of nitrogens with two attached hydrogens (primary N) is 1. The summed E-state index contributed by atoms with van der Waals surface area (Å²) in [6, 6.07) is 10.8. The van der Waals surface area contributed by atoms with Crippen molar-refractivity contribution in [3.8, 4) is 0 Å². The van der Waals surface area contributed by atoms with Gasteiger partial charge in [-0.25, -0.2) is 10.8 Å². The topological polar surface area (TPSA) is 159 Å². The Morgan fingerprint density at radius 2 is 2.00 bits per heavy atom. The highest BCUT2D eigenvalue weighted by molar-refractivity contribution is 5.97. The van der Waals surface area contributed by atoms with Crippen molar-refractivity contribution >= 4 is 29.8 Å². The van der Waals surface area contributed by atoms with Gasteiger partial charge in [-0.15, -0.1) is 0 Å². The number of rotatable bonds is 9. The molecule has 1 heterocycles. The van der Waals surface area contributed by atoms with Crippen LogP contribution in [-0.2, 0) is 9.59 Å². The van der Waals surface area contributed by atoms with Crippen LogP contribution in [0.15, 0.2) is 47.5 Å². The Bertz CT molecular complexity index is 915. The number of carbonyl (C=O) groups is 3. The minimum absolute atomic E-state index is 0.312. The molecule has 1 atom stereocenters. The van der Waals surface area contributed by atoms with E-state index in [0.717, 1.165) is 0 Å². The molecule has 2 amide bonds. The lowest BCUT2D eigenvalue weighted by atomic mass is 10.1. The summed E-state index contributed by atoms with van der Waals surface area (Å²) in [6.45, 7) is 1.45. The quantitative estimate of drug-likeness (QED) is 0.179. The molecule has 1 unspecified atom stereocenters. The van der Waals surface area contributed by atoms with Crippen molar-refractivity contribution in [2.45, 2.75) is 19.4 Å². The van der Waals surface area contributed by atoms with Crippen LogP contribution >= 0.6 is 0 Å². The molecule has 2 aromatic rings. The van der Waals surface area contributed by atoms with Crippen molar-refractivity contribution in [2.24, 2.45) is 10.8 Å². The van der Waals surface area contributed by atoms with Crippen molar-refractivity contribution in [3.63, 3.8) is 0 Å². The Labute approximate surface area is 167 Å². The van der Waals surface area contributed by atoms with Crippen molar-refractivity contribution in [1.82, 2.24) is 21.0 Å². The van der Waals surface area contributed by atoms with Crippen LogP contribution in [0.25, 0.3) is 0 Å². The number of carboxylic acids is 1. The molecule has 0 radical (unpaired) electrons. The summed E-state index contributed by atoms with van der Waals surface area (Å²) in [5, 5.41) is 14.2. The molecule has 2 rings (SSSR count). The lowest BCUT2D eigenvalue weighted by Crippen LogP contribution is -2.39. The first-order chi connectivity index (χ1) is 13.9. The van der Waals surface area contributed by atoms with E-state index >= 15 is 0 Å². The molecule has 0 saturated heterocycles. The third-order valence-corrected chi connectivity index (χ3v) is 3.79. The number of nitrogens with one attached hydrogen (secondary N) is 3. The van der Waals surface area contributed by atoms with Crippen LogP contribution in [-0.4, -0.2) is 40.8 Å². The Balaban J connectivity index is 1.98. The number of amides is 2. The van der Waals surface area contributed by atoms with E-state index in [2.05, 4.69) is 26.0 Å². The van der Waals surface area contributed by atoms with Crippen LogP contribution in [0.5, 0.6) is 0 Å². The zero-order valence-electron chi connectivity index (χ0n) is 15.8. The maximum atomic E-state index is 12.3. The van der Waals surface area contributed by atoms with E-state index in [1.165, 1.54) is 12.4 Å². The first-order valence-electron chi connectivity index (χ1n) is 8.70. The number of carbonyl (C=O) groups excluding carboxylic acids is 2. The number of nitrogens with zero attached hydrogens (tertiary/aromatic N) is 2. The summed E-state index contributed by atoms with van der Waals surface area (Å²) in [7, 11) is 0. The van der Waals surface area contributed by atoms with Crippen LogP contribution < -0.4 is 21.9 Å². The molecule has 0 saturated carbocycles. The van der Waals surface area contributed by atoms with Gasteiger partial charge in [-0.05, 0) is 37.3 Å². The van der Waals surface area contributed by atoms with E-state index in [1.807, 2.05) is 0 Å². The van der Waals surface area contributed by atoms with Gasteiger partial charge in [-0.1, -0.05) is 12.1 Å². The summed E-state index contributed by atoms with van der Waals surface area (Å²) in [5.74, 6) is 3.03. The number of hydrogen-bond acceptors (Lipinski definition) is 6. The Kier molecular flexibility index (Phi) is 7.80. The highest BCUT2D eigenvalue weighted by Crippen LogP contribution is 2.15. The van der Waals surface area contributed by atoms with Gasteiger partial charge in [-0.2, -0.15) is 0 Å². The molecule has 152 valence electrons. The van der Waals surface area contributed by atoms with E-state index in [1.54, 1.807) is 43.3 Å². The van der Waals surface area contributed by atoms with Gasteiger partial charge < -0.3 is 21.2 Å². The number of aromatic nitrogens is 1. The molecule has 0 bridgehead atoms. The van der Waals surface area contributed by atoms with Crippen molar-refractivity contribution in [2.75, 3.05) is 6.54 Å². The second kappa shape index (κ2) is 10.5. The molecule has 0 spiro atoms. The Hall–Kier alpha value is -3.79. The van der Waals surface area contributed by atoms with Crippen molar-refractivity contribution in [3.05, 3.63) is 59.4 Å². The maximum Gasteiger partial charge on any atom is 0.305 e.